The van der Waals surface area contributed by atoms with Gasteiger partial charge in [0.05, 0.1) is 22.9 Å². The average molecular weight is 375 g/mol. The lowest BCUT2D eigenvalue weighted by atomic mass is 10.1. The molecule has 0 saturated carbocycles. The highest BCUT2D eigenvalue weighted by molar-refractivity contribution is 7.91. The summed E-state index contributed by atoms with van der Waals surface area (Å²) in [5.41, 5.74) is 0.914. The first kappa shape index (κ1) is 18.8. The number of benzene rings is 1. The van der Waals surface area contributed by atoms with Crippen molar-refractivity contribution in [2.24, 2.45) is 5.14 Å². The van der Waals surface area contributed by atoms with Crippen molar-refractivity contribution in [1.82, 2.24) is 10.6 Å². The number of nitrogens with one attached hydrogen (secondary N) is 2. The summed E-state index contributed by atoms with van der Waals surface area (Å²) >= 11 is 0. The molecule has 4 N–H and O–H groups in total. The van der Waals surface area contributed by atoms with Crippen molar-refractivity contribution in [2.45, 2.75) is 23.8 Å². The lowest BCUT2D eigenvalue weighted by Gasteiger charge is -2.11. The van der Waals surface area contributed by atoms with Crippen LogP contribution in [0.1, 0.15) is 12.0 Å². The molecule has 1 unspecified atom stereocenters. The van der Waals surface area contributed by atoms with Gasteiger partial charge in [-0.2, -0.15) is 0 Å². The van der Waals surface area contributed by atoms with Crippen LogP contribution in [-0.4, -0.2) is 53.4 Å². The number of sulfone groups is 1. The highest BCUT2D eigenvalue weighted by Crippen LogP contribution is 2.11. The van der Waals surface area contributed by atoms with Gasteiger partial charge in [-0.1, -0.05) is 12.1 Å². The Hall–Kier alpha value is -1.49. The van der Waals surface area contributed by atoms with Gasteiger partial charge >= 0.3 is 0 Å². The van der Waals surface area contributed by atoms with Gasteiger partial charge < -0.3 is 10.6 Å². The molecule has 1 amide bonds. The Bertz CT molecular complexity index is 788. The monoisotopic (exact) mass is 375 g/mol. The number of primary sulfonamides is 1. The van der Waals surface area contributed by atoms with E-state index in [1.807, 2.05) is 0 Å². The molecular weight excluding hydrogens is 354 g/mol. The van der Waals surface area contributed by atoms with Crippen LogP contribution in [0.2, 0.25) is 0 Å². The Kier molecular flexibility index (Phi) is 5.97. The molecule has 0 bridgehead atoms. The summed E-state index contributed by atoms with van der Waals surface area (Å²) in [6.07, 6.45) is 1.08. The maximum atomic E-state index is 11.7. The van der Waals surface area contributed by atoms with Crippen molar-refractivity contribution in [1.29, 1.82) is 0 Å². The summed E-state index contributed by atoms with van der Waals surface area (Å²) in [6, 6.07) is 5.93. The largest absolute Gasteiger partial charge is 0.351 e. The minimum absolute atomic E-state index is 0.00907. The fraction of sp³-hybridized carbons (Fsp3) is 0.500. The first-order valence-corrected chi connectivity index (χ1v) is 10.8. The molecule has 24 heavy (non-hydrogen) atoms. The van der Waals surface area contributed by atoms with Crippen molar-refractivity contribution in [3.63, 3.8) is 0 Å². The van der Waals surface area contributed by atoms with Crippen LogP contribution in [0, 0.1) is 0 Å². The SMILES string of the molecule is NS(=O)(=O)c1ccc(CCNCC(=O)NC2CCS(=O)(=O)C2)cc1. The predicted octanol–water partition coefficient (Wildman–Crippen LogP) is -1.23. The molecule has 1 fully saturated rings. The number of carbonyl (C=O) groups is 1. The lowest BCUT2D eigenvalue weighted by molar-refractivity contribution is -0.120. The van der Waals surface area contributed by atoms with Gasteiger partial charge in [0.2, 0.25) is 15.9 Å². The van der Waals surface area contributed by atoms with E-state index in [2.05, 4.69) is 10.6 Å². The minimum atomic E-state index is -3.69. The Balaban J connectivity index is 1.68. The summed E-state index contributed by atoms with van der Waals surface area (Å²) in [6.45, 7) is 0.636. The van der Waals surface area contributed by atoms with Crippen LogP contribution in [0.15, 0.2) is 29.2 Å². The standard InChI is InChI=1S/C14H21N3O5S2/c15-24(21,22)13-3-1-11(2-4-13)5-7-16-9-14(18)17-12-6-8-23(19,20)10-12/h1-4,12,16H,5-10H2,(H,17,18)(H2,15,21,22). The number of sulfonamides is 1. The van der Waals surface area contributed by atoms with Gasteiger partial charge in [0, 0.05) is 6.04 Å². The third-order valence-corrected chi connectivity index (χ3v) is 6.42. The van der Waals surface area contributed by atoms with E-state index in [9.17, 15) is 21.6 Å². The molecule has 0 aliphatic carbocycles. The van der Waals surface area contributed by atoms with Crippen molar-refractivity contribution in [3.05, 3.63) is 29.8 Å². The van der Waals surface area contributed by atoms with Gasteiger partial charge in [0.25, 0.3) is 0 Å². The zero-order valence-electron chi connectivity index (χ0n) is 13.1. The molecule has 0 spiro atoms. The first-order valence-electron chi connectivity index (χ1n) is 7.48. The van der Waals surface area contributed by atoms with E-state index in [0.717, 1.165) is 5.56 Å². The molecule has 0 radical (unpaired) electrons. The van der Waals surface area contributed by atoms with Crippen LogP contribution < -0.4 is 15.8 Å². The topological polar surface area (TPSA) is 135 Å². The summed E-state index contributed by atoms with van der Waals surface area (Å²) in [5.74, 6) is -0.101. The van der Waals surface area contributed by atoms with Gasteiger partial charge in [-0.15, -0.1) is 0 Å². The number of rotatable bonds is 7. The number of hydrogen-bond donors (Lipinski definition) is 3. The molecule has 1 heterocycles. The zero-order valence-corrected chi connectivity index (χ0v) is 14.7. The zero-order chi connectivity index (χ0) is 17.8. The van der Waals surface area contributed by atoms with Crippen LogP contribution >= 0.6 is 0 Å². The van der Waals surface area contributed by atoms with E-state index in [0.29, 0.717) is 19.4 Å². The normalized spacial score (nSPS) is 20.0. The van der Waals surface area contributed by atoms with Gasteiger partial charge in [-0.25, -0.2) is 22.0 Å². The van der Waals surface area contributed by atoms with Crippen LogP contribution in [0.4, 0.5) is 0 Å². The Morgan fingerprint density at radius 2 is 1.92 bits per heavy atom. The third kappa shape index (κ3) is 5.86. The van der Waals surface area contributed by atoms with E-state index in [1.165, 1.54) is 12.1 Å². The number of amides is 1. The van der Waals surface area contributed by atoms with Crippen molar-refractivity contribution >= 4 is 25.8 Å². The third-order valence-electron chi connectivity index (χ3n) is 3.73. The highest BCUT2D eigenvalue weighted by atomic mass is 32.2. The molecule has 0 aromatic heterocycles. The summed E-state index contributed by atoms with van der Waals surface area (Å²) in [4.78, 5) is 11.8. The van der Waals surface area contributed by atoms with E-state index in [1.54, 1.807) is 12.1 Å². The van der Waals surface area contributed by atoms with Crippen molar-refractivity contribution in [3.8, 4) is 0 Å². The summed E-state index contributed by atoms with van der Waals surface area (Å²) in [7, 11) is -6.69. The van der Waals surface area contributed by atoms with Gasteiger partial charge in [-0.3, -0.25) is 4.79 Å². The van der Waals surface area contributed by atoms with Gasteiger partial charge in [0.15, 0.2) is 9.84 Å². The van der Waals surface area contributed by atoms with Gasteiger partial charge in [-0.05, 0) is 37.1 Å². The highest BCUT2D eigenvalue weighted by Gasteiger charge is 2.28. The summed E-state index contributed by atoms with van der Waals surface area (Å²) < 4.78 is 44.9. The molecule has 1 aromatic carbocycles. The first-order chi connectivity index (χ1) is 11.2. The smallest absolute Gasteiger partial charge is 0.238 e. The van der Waals surface area contributed by atoms with E-state index in [4.69, 9.17) is 5.14 Å². The van der Waals surface area contributed by atoms with E-state index < -0.39 is 19.9 Å². The van der Waals surface area contributed by atoms with E-state index in [-0.39, 0.29) is 34.9 Å². The molecular formula is C14H21N3O5S2. The quantitative estimate of drug-likeness (QED) is 0.511. The van der Waals surface area contributed by atoms with Crippen LogP contribution in [-0.2, 0) is 31.1 Å². The second-order valence-electron chi connectivity index (χ2n) is 5.78. The molecule has 2 rings (SSSR count). The number of carbonyl (C=O) groups excluding carboxylic acids is 1. The van der Waals surface area contributed by atoms with Gasteiger partial charge in [0.1, 0.15) is 0 Å². The van der Waals surface area contributed by atoms with Crippen LogP contribution in [0.25, 0.3) is 0 Å². The Labute approximate surface area is 141 Å². The van der Waals surface area contributed by atoms with E-state index >= 15 is 0 Å². The second kappa shape index (κ2) is 7.60. The Morgan fingerprint density at radius 3 is 2.46 bits per heavy atom. The van der Waals surface area contributed by atoms with Crippen molar-refractivity contribution in [2.75, 3.05) is 24.6 Å². The molecule has 1 saturated heterocycles. The number of nitrogens with two attached hydrogens (primary N) is 1. The lowest BCUT2D eigenvalue weighted by Crippen LogP contribution is -2.41. The maximum Gasteiger partial charge on any atom is 0.238 e. The molecule has 8 nitrogen and oxygen atoms in total. The minimum Gasteiger partial charge on any atom is -0.351 e. The molecule has 10 heteroatoms. The van der Waals surface area contributed by atoms with Crippen molar-refractivity contribution < 1.29 is 21.6 Å². The Morgan fingerprint density at radius 1 is 1.25 bits per heavy atom. The second-order valence-corrected chi connectivity index (χ2v) is 9.57. The average Bonchev–Trinajstić information content (AvgIpc) is 2.82. The predicted molar refractivity (Wildman–Crippen MR) is 89.6 cm³/mol. The fourth-order valence-corrected chi connectivity index (χ4v) is 4.66. The van der Waals surface area contributed by atoms with Crippen LogP contribution in [0.5, 0.6) is 0 Å². The maximum absolute atomic E-state index is 11.7. The molecule has 1 aliphatic heterocycles. The molecule has 1 aliphatic rings. The van der Waals surface area contributed by atoms with Crippen LogP contribution in [0.3, 0.4) is 0 Å². The fourth-order valence-electron chi connectivity index (χ4n) is 2.47. The summed E-state index contributed by atoms with van der Waals surface area (Å²) in [5, 5.41) is 10.7. The molecule has 1 atom stereocenters. The molecule has 1 aromatic rings. The molecule has 134 valence electrons. The number of hydrogen-bond acceptors (Lipinski definition) is 6.